The molecule has 2 aromatic rings. The predicted molar refractivity (Wildman–Crippen MR) is 89.6 cm³/mol. The first-order chi connectivity index (χ1) is 12.6. The largest absolute Gasteiger partial charge is 0.507 e. The Labute approximate surface area is 152 Å². The van der Waals surface area contributed by atoms with Crippen LogP contribution in [0, 0.1) is 5.82 Å². The van der Waals surface area contributed by atoms with Crippen LogP contribution in [0.15, 0.2) is 36.4 Å². The van der Waals surface area contributed by atoms with Crippen molar-refractivity contribution in [2.75, 3.05) is 5.32 Å². The maximum absolute atomic E-state index is 13.1. The van der Waals surface area contributed by atoms with Gasteiger partial charge in [-0.3, -0.25) is 9.59 Å². The zero-order valence-corrected chi connectivity index (χ0v) is 14.2. The van der Waals surface area contributed by atoms with Gasteiger partial charge in [-0.1, -0.05) is 13.0 Å². The molecular formula is C18H16F4N2O3. The number of carbonyl (C=O) groups is 2. The summed E-state index contributed by atoms with van der Waals surface area (Å²) in [6, 6.07) is 5.89. The Morgan fingerprint density at radius 2 is 1.81 bits per heavy atom. The Kier molecular flexibility index (Phi) is 6.04. The lowest BCUT2D eigenvalue weighted by Gasteiger charge is -2.14. The lowest BCUT2D eigenvalue weighted by Crippen LogP contribution is -2.25. The average Bonchev–Trinajstić information content (AvgIpc) is 2.61. The number of phenolic OH excluding ortho intramolecular Hbond substituents is 1. The molecule has 0 radical (unpaired) electrons. The van der Waals surface area contributed by atoms with Crippen molar-refractivity contribution in [3.8, 4) is 5.75 Å². The van der Waals surface area contributed by atoms with E-state index in [-0.39, 0.29) is 29.1 Å². The zero-order chi connectivity index (χ0) is 20.2. The van der Waals surface area contributed by atoms with E-state index in [1.165, 1.54) is 18.2 Å². The van der Waals surface area contributed by atoms with Crippen molar-refractivity contribution in [1.82, 2.24) is 5.32 Å². The summed E-state index contributed by atoms with van der Waals surface area (Å²) < 4.78 is 52.1. The minimum Gasteiger partial charge on any atom is -0.507 e. The molecule has 0 unspecified atom stereocenters. The van der Waals surface area contributed by atoms with Crippen molar-refractivity contribution in [3.05, 3.63) is 58.9 Å². The van der Waals surface area contributed by atoms with Crippen molar-refractivity contribution >= 4 is 17.5 Å². The van der Waals surface area contributed by atoms with E-state index in [1.807, 2.05) is 0 Å². The first-order valence-corrected chi connectivity index (χ1v) is 7.88. The van der Waals surface area contributed by atoms with Gasteiger partial charge >= 0.3 is 6.18 Å². The highest BCUT2D eigenvalue weighted by atomic mass is 19.4. The summed E-state index contributed by atoms with van der Waals surface area (Å²) in [5.41, 5.74) is -1.50. The molecule has 0 bridgehead atoms. The van der Waals surface area contributed by atoms with E-state index in [1.54, 1.807) is 6.92 Å². The van der Waals surface area contributed by atoms with Crippen LogP contribution in [0.4, 0.5) is 23.2 Å². The van der Waals surface area contributed by atoms with Gasteiger partial charge in [0.2, 0.25) is 5.91 Å². The Morgan fingerprint density at radius 3 is 2.44 bits per heavy atom. The summed E-state index contributed by atoms with van der Waals surface area (Å²) in [6.45, 7) is 1.10. The molecule has 0 fully saturated rings. The number of anilines is 1. The summed E-state index contributed by atoms with van der Waals surface area (Å²) >= 11 is 0. The van der Waals surface area contributed by atoms with Crippen LogP contribution in [-0.4, -0.2) is 16.9 Å². The molecule has 0 saturated carbocycles. The van der Waals surface area contributed by atoms with Crippen molar-refractivity contribution < 1.29 is 32.3 Å². The molecule has 0 spiro atoms. The van der Waals surface area contributed by atoms with Gasteiger partial charge in [-0.25, -0.2) is 4.39 Å². The highest BCUT2D eigenvalue weighted by Gasteiger charge is 2.33. The van der Waals surface area contributed by atoms with Gasteiger partial charge in [-0.15, -0.1) is 0 Å². The SMILES string of the molecule is CCC(=O)Nc1ccc(O)c(C(=O)NCc2ccc(F)cc2C(F)(F)F)c1. The van der Waals surface area contributed by atoms with Crippen LogP contribution >= 0.6 is 0 Å². The van der Waals surface area contributed by atoms with Gasteiger partial charge in [0.05, 0.1) is 11.1 Å². The smallest absolute Gasteiger partial charge is 0.416 e. The minimum atomic E-state index is -4.78. The van der Waals surface area contributed by atoms with Crippen molar-refractivity contribution in [1.29, 1.82) is 0 Å². The van der Waals surface area contributed by atoms with Gasteiger partial charge in [0.1, 0.15) is 11.6 Å². The van der Waals surface area contributed by atoms with Crippen molar-refractivity contribution in [2.24, 2.45) is 0 Å². The maximum atomic E-state index is 13.1. The van der Waals surface area contributed by atoms with Gasteiger partial charge in [0, 0.05) is 18.7 Å². The summed E-state index contributed by atoms with van der Waals surface area (Å²) in [6.07, 6.45) is -4.58. The number of phenols is 1. The van der Waals surface area contributed by atoms with E-state index in [2.05, 4.69) is 10.6 Å². The molecule has 5 nitrogen and oxygen atoms in total. The summed E-state index contributed by atoms with van der Waals surface area (Å²) in [4.78, 5) is 23.6. The van der Waals surface area contributed by atoms with Crippen LogP contribution in [-0.2, 0) is 17.5 Å². The van der Waals surface area contributed by atoms with Gasteiger partial charge in [0.15, 0.2) is 0 Å². The standard InChI is InChI=1S/C18H16F4N2O3/c1-2-16(26)24-12-5-6-15(25)13(8-12)17(27)23-9-10-3-4-11(19)7-14(10)18(20,21)22/h3-8,25H,2,9H2,1H3,(H,23,27)(H,24,26). The lowest BCUT2D eigenvalue weighted by atomic mass is 10.1. The molecule has 0 heterocycles. The highest BCUT2D eigenvalue weighted by Crippen LogP contribution is 2.32. The van der Waals surface area contributed by atoms with Crippen LogP contribution in [0.3, 0.4) is 0 Å². The van der Waals surface area contributed by atoms with Gasteiger partial charge in [-0.05, 0) is 35.9 Å². The van der Waals surface area contributed by atoms with Crippen molar-refractivity contribution in [3.63, 3.8) is 0 Å². The van der Waals surface area contributed by atoms with Gasteiger partial charge in [0.25, 0.3) is 5.91 Å². The number of amides is 2. The molecule has 2 rings (SSSR count). The Balaban J connectivity index is 2.19. The third-order valence-corrected chi connectivity index (χ3v) is 3.66. The Morgan fingerprint density at radius 1 is 1.11 bits per heavy atom. The summed E-state index contributed by atoms with van der Waals surface area (Å²) in [5, 5.41) is 14.6. The second-order valence-corrected chi connectivity index (χ2v) is 5.62. The fourth-order valence-electron chi connectivity index (χ4n) is 2.28. The Bertz CT molecular complexity index is 866. The molecule has 0 atom stereocenters. The van der Waals surface area contributed by atoms with Gasteiger partial charge < -0.3 is 15.7 Å². The predicted octanol–water partition coefficient (Wildman–Crippen LogP) is 3.83. The normalized spacial score (nSPS) is 11.1. The molecule has 144 valence electrons. The summed E-state index contributed by atoms with van der Waals surface area (Å²) in [5.74, 6) is -2.61. The molecule has 0 aromatic heterocycles. The van der Waals surface area contributed by atoms with E-state index < -0.39 is 35.8 Å². The van der Waals surface area contributed by atoms with Crippen LogP contribution in [0.2, 0.25) is 0 Å². The zero-order valence-electron chi connectivity index (χ0n) is 14.2. The van der Waals surface area contributed by atoms with Gasteiger partial charge in [-0.2, -0.15) is 13.2 Å². The van der Waals surface area contributed by atoms with E-state index in [0.29, 0.717) is 6.07 Å². The molecular weight excluding hydrogens is 368 g/mol. The average molecular weight is 384 g/mol. The first kappa shape index (κ1) is 20.2. The van der Waals surface area contributed by atoms with Crippen molar-refractivity contribution in [2.45, 2.75) is 26.1 Å². The monoisotopic (exact) mass is 384 g/mol. The maximum Gasteiger partial charge on any atom is 0.416 e. The highest BCUT2D eigenvalue weighted by molar-refractivity contribution is 5.99. The topological polar surface area (TPSA) is 78.4 Å². The molecule has 27 heavy (non-hydrogen) atoms. The quantitative estimate of drug-likeness (QED) is 0.542. The van der Waals surface area contributed by atoms with E-state index in [9.17, 15) is 32.3 Å². The number of nitrogens with one attached hydrogen (secondary N) is 2. The van der Waals surface area contributed by atoms with Crippen LogP contribution in [0.1, 0.15) is 34.8 Å². The number of alkyl halides is 3. The molecule has 2 amide bonds. The Hall–Kier alpha value is -3.10. The number of hydrogen-bond acceptors (Lipinski definition) is 3. The number of halogens is 4. The molecule has 0 aliphatic carbocycles. The molecule has 3 N–H and O–H groups in total. The molecule has 0 saturated heterocycles. The first-order valence-electron chi connectivity index (χ1n) is 7.88. The number of hydrogen-bond donors (Lipinski definition) is 3. The second kappa shape index (κ2) is 8.07. The van der Waals surface area contributed by atoms with Crippen LogP contribution in [0.25, 0.3) is 0 Å². The fraction of sp³-hybridized carbons (Fsp3) is 0.222. The fourth-order valence-corrected chi connectivity index (χ4v) is 2.28. The third kappa shape index (κ3) is 5.19. The summed E-state index contributed by atoms with van der Waals surface area (Å²) in [7, 11) is 0. The lowest BCUT2D eigenvalue weighted by molar-refractivity contribution is -0.138. The van der Waals surface area contributed by atoms with E-state index in [0.717, 1.165) is 12.1 Å². The van der Waals surface area contributed by atoms with E-state index in [4.69, 9.17) is 0 Å². The van der Waals surface area contributed by atoms with Crippen LogP contribution in [0.5, 0.6) is 5.75 Å². The molecule has 0 aliphatic rings. The molecule has 9 heteroatoms. The number of benzene rings is 2. The van der Waals surface area contributed by atoms with Crippen LogP contribution < -0.4 is 10.6 Å². The minimum absolute atomic E-state index is 0.202. The number of rotatable bonds is 5. The number of aromatic hydroxyl groups is 1. The number of carbonyl (C=O) groups excluding carboxylic acids is 2. The molecule has 2 aromatic carbocycles. The second-order valence-electron chi connectivity index (χ2n) is 5.62. The molecule has 0 aliphatic heterocycles. The third-order valence-electron chi connectivity index (χ3n) is 3.66. The van der Waals surface area contributed by atoms with E-state index >= 15 is 0 Å².